The predicted octanol–water partition coefficient (Wildman–Crippen LogP) is 2.80. The molecule has 1 heterocycles. The summed E-state index contributed by atoms with van der Waals surface area (Å²) in [4.78, 5) is 12.4. The average Bonchev–Trinajstić information content (AvgIpc) is 2.88. The maximum absolute atomic E-state index is 13.0. The molecule has 19 heavy (non-hydrogen) atoms. The molecule has 1 unspecified atom stereocenters. The molecule has 0 saturated carbocycles. The van der Waals surface area contributed by atoms with Crippen LogP contribution in [0.3, 0.4) is 0 Å². The maximum Gasteiger partial charge on any atom is 0.246 e. The van der Waals surface area contributed by atoms with E-state index >= 15 is 0 Å². The Hall–Kier alpha value is -1.86. The van der Waals surface area contributed by atoms with Crippen molar-refractivity contribution in [3.05, 3.63) is 52.0 Å². The molecule has 1 amide bonds. The molecule has 2 rings (SSSR count). The van der Waals surface area contributed by atoms with Gasteiger partial charge in [-0.25, -0.2) is 13.2 Å². The van der Waals surface area contributed by atoms with Crippen molar-refractivity contribution in [3.8, 4) is 0 Å². The van der Waals surface area contributed by atoms with Gasteiger partial charge >= 0.3 is 0 Å². The fraction of sp³-hybridized carbons (Fsp3) is 0.0833. The standard InChI is InChI=1S/C12H9F3N2OS/c13-7-4-6(5-8(14)10(7)15)17-12(18)11(16)9-2-1-3-19-9/h1-5,11H,16H2,(H,17,18). The molecular weight excluding hydrogens is 277 g/mol. The molecule has 0 aliphatic rings. The zero-order valence-corrected chi connectivity index (χ0v) is 10.3. The van der Waals surface area contributed by atoms with E-state index in [0.717, 1.165) is 0 Å². The van der Waals surface area contributed by atoms with Crippen molar-refractivity contribution < 1.29 is 18.0 Å². The molecule has 3 nitrogen and oxygen atoms in total. The highest BCUT2D eigenvalue weighted by molar-refractivity contribution is 7.10. The lowest BCUT2D eigenvalue weighted by atomic mass is 10.2. The largest absolute Gasteiger partial charge is 0.324 e. The first-order chi connectivity index (χ1) is 8.99. The third kappa shape index (κ3) is 2.94. The molecule has 0 aliphatic heterocycles. The molecule has 0 fully saturated rings. The summed E-state index contributed by atoms with van der Waals surface area (Å²) in [6.45, 7) is 0. The second kappa shape index (κ2) is 5.41. The van der Waals surface area contributed by atoms with Crippen LogP contribution in [0.4, 0.5) is 18.9 Å². The summed E-state index contributed by atoms with van der Waals surface area (Å²) in [5, 5.41) is 3.98. The molecule has 1 atom stereocenters. The lowest BCUT2D eigenvalue weighted by molar-refractivity contribution is -0.117. The minimum absolute atomic E-state index is 0.187. The average molecular weight is 286 g/mol. The highest BCUT2D eigenvalue weighted by Gasteiger charge is 2.18. The molecule has 0 aliphatic carbocycles. The molecule has 7 heteroatoms. The Morgan fingerprint density at radius 2 is 1.89 bits per heavy atom. The number of amides is 1. The molecule has 1 aromatic carbocycles. The second-order valence-corrected chi connectivity index (χ2v) is 4.72. The molecule has 3 N–H and O–H groups in total. The van der Waals surface area contributed by atoms with Gasteiger partial charge in [0, 0.05) is 22.7 Å². The SMILES string of the molecule is NC(C(=O)Nc1cc(F)c(F)c(F)c1)c1cccs1. The number of nitrogens with two attached hydrogens (primary N) is 1. The van der Waals surface area contributed by atoms with Crippen molar-refractivity contribution in [2.45, 2.75) is 6.04 Å². The summed E-state index contributed by atoms with van der Waals surface area (Å²) in [6, 6.07) is 3.83. The van der Waals surface area contributed by atoms with Gasteiger partial charge in [0.05, 0.1) is 0 Å². The quantitative estimate of drug-likeness (QED) is 0.852. The van der Waals surface area contributed by atoms with E-state index in [4.69, 9.17) is 5.73 Å². The number of carbonyl (C=O) groups excluding carboxylic acids is 1. The van der Waals surface area contributed by atoms with Crippen molar-refractivity contribution in [1.82, 2.24) is 0 Å². The van der Waals surface area contributed by atoms with Crippen molar-refractivity contribution in [2.75, 3.05) is 5.32 Å². The molecule has 0 bridgehead atoms. The molecular formula is C12H9F3N2OS. The number of rotatable bonds is 3. The number of anilines is 1. The van der Waals surface area contributed by atoms with Gasteiger partial charge in [-0.05, 0) is 11.4 Å². The molecule has 0 saturated heterocycles. The number of nitrogens with one attached hydrogen (secondary N) is 1. The van der Waals surface area contributed by atoms with Crippen LogP contribution in [0.1, 0.15) is 10.9 Å². The third-order valence-electron chi connectivity index (χ3n) is 2.38. The zero-order chi connectivity index (χ0) is 14.0. The highest BCUT2D eigenvalue weighted by Crippen LogP contribution is 2.21. The van der Waals surface area contributed by atoms with Gasteiger partial charge in [0.15, 0.2) is 17.5 Å². The zero-order valence-electron chi connectivity index (χ0n) is 9.49. The normalized spacial score (nSPS) is 12.2. The van der Waals surface area contributed by atoms with E-state index in [1.54, 1.807) is 17.5 Å². The van der Waals surface area contributed by atoms with E-state index in [0.29, 0.717) is 17.0 Å². The number of carbonyl (C=O) groups is 1. The van der Waals surface area contributed by atoms with Crippen LogP contribution in [0, 0.1) is 17.5 Å². The van der Waals surface area contributed by atoms with Crippen LogP contribution in [0.15, 0.2) is 29.6 Å². The summed E-state index contributed by atoms with van der Waals surface area (Å²) in [6.07, 6.45) is 0. The Morgan fingerprint density at radius 1 is 1.26 bits per heavy atom. The lowest BCUT2D eigenvalue weighted by Gasteiger charge is -2.11. The highest BCUT2D eigenvalue weighted by atomic mass is 32.1. The maximum atomic E-state index is 13.0. The van der Waals surface area contributed by atoms with Gasteiger partial charge in [-0.3, -0.25) is 4.79 Å². The van der Waals surface area contributed by atoms with Crippen LogP contribution in [0.25, 0.3) is 0 Å². The van der Waals surface area contributed by atoms with Crippen LogP contribution in [-0.2, 0) is 4.79 Å². The van der Waals surface area contributed by atoms with Crippen molar-refractivity contribution in [2.24, 2.45) is 5.73 Å². The summed E-state index contributed by atoms with van der Waals surface area (Å²) in [5.74, 6) is -4.96. The number of hydrogen-bond acceptors (Lipinski definition) is 3. The topological polar surface area (TPSA) is 55.1 Å². The molecule has 100 valence electrons. The van der Waals surface area contributed by atoms with E-state index in [-0.39, 0.29) is 5.69 Å². The Morgan fingerprint density at radius 3 is 2.42 bits per heavy atom. The Balaban J connectivity index is 2.15. The van der Waals surface area contributed by atoms with Gasteiger partial charge < -0.3 is 11.1 Å². The fourth-order valence-electron chi connectivity index (χ4n) is 1.45. The number of benzene rings is 1. The minimum Gasteiger partial charge on any atom is -0.324 e. The van der Waals surface area contributed by atoms with Crippen molar-refractivity contribution in [1.29, 1.82) is 0 Å². The van der Waals surface area contributed by atoms with E-state index in [2.05, 4.69) is 5.32 Å². The van der Waals surface area contributed by atoms with Crippen LogP contribution >= 0.6 is 11.3 Å². The first-order valence-electron chi connectivity index (χ1n) is 5.23. The van der Waals surface area contributed by atoms with E-state index in [1.165, 1.54) is 11.3 Å². The van der Waals surface area contributed by atoms with Gasteiger partial charge in [0.2, 0.25) is 5.91 Å². The van der Waals surface area contributed by atoms with Gasteiger partial charge in [-0.1, -0.05) is 6.07 Å². The number of hydrogen-bond donors (Lipinski definition) is 2. The van der Waals surface area contributed by atoms with Gasteiger partial charge in [-0.2, -0.15) is 0 Å². The molecule has 0 radical (unpaired) electrons. The third-order valence-corrected chi connectivity index (χ3v) is 3.34. The Bertz CT molecular complexity index is 578. The number of thiophene rings is 1. The smallest absolute Gasteiger partial charge is 0.246 e. The minimum atomic E-state index is -1.58. The van der Waals surface area contributed by atoms with Crippen LogP contribution in [-0.4, -0.2) is 5.91 Å². The van der Waals surface area contributed by atoms with E-state index < -0.39 is 29.4 Å². The van der Waals surface area contributed by atoms with E-state index in [9.17, 15) is 18.0 Å². The molecule has 2 aromatic rings. The van der Waals surface area contributed by atoms with Gasteiger partial charge in [-0.15, -0.1) is 11.3 Å². The second-order valence-electron chi connectivity index (χ2n) is 3.74. The fourth-order valence-corrected chi connectivity index (χ4v) is 2.17. The van der Waals surface area contributed by atoms with Crippen LogP contribution in [0.5, 0.6) is 0 Å². The van der Waals surface area contributed by atoms with E-state index in [1.807, 2.05) is 0 Å². The molecule has 1 aromatic heterocycles. The van der Waals surface area contributed by atoms with Gasteiger partial charge in [0.25, 0.3) is 0 Å². The van der Waals surface area contributed by atoms with Gasteiger partial charge in [0.1, 0.15) is 6.04 Å². The summed E-state index contributed by atoms with van der Waals surface area (Å²) < 4.78 is 38.7. The first-order valence-corrected chi connectivity index (χ1v) is 6.11. The summed E-state index contributed by atoms with van der Waals surface area (Å²) >= 11 is 1.28. The Labute approximate surface area is 110 Å². The Kier molecular flexibility index (Phi) is 3.87. The summed E-state index contributed by atoms with van der Waals surface area (Å²) in [5.41, 5.74) is 5.49. The van der Waals surface area contributed by atoms with Crippen molar-refractivity contribution >= 4 is 22.9 Å². The monoisotopic (exact) mass is 286 g/mol. The number of halogens is 3. The first kappa shape index (κ1) is 13.6. The van der Waals surface area contributed by atoms with Crippen LogP contribution in [0.2, 0.25) is 0 Å². The van der Waals surface area contributed by atoms with Crippen molar-refractivity contribution in [3.63, 3.8) is 0 Å². The molecule has 0 spiro atoms. The van der Waals surface area contributed by atoms with Crippen LogP contribution < -0.4 is 11.1 Å². The predicted molar refractivity (Wildman–Crippen MR) is 66.2 cm³/mol. The lowest BCUT2D eigenvalue weighted by Crippen LogP contribution is -2.27. The summed E-state index contributed by atoms with van der Waals surface area (Å²) in [7, 11) is 0.